The van der Waals surface area contributed by atoms with E-state index < -0.39 is 5.38 Å². The predicted octanol–water partition coefficient (Wildman–Crippen LogP) is 2.45. The van der Waals surface area contributed by atoms with Crippen LogP contribution in [0.5, 0.6) is 0 Å². The molecule has 2 aromatic rings. The Morgan fingerprint density at radius 2 is 2.37 bits per heavy atom. The van der Waals surface area contributed by atoms with E-state index in [0.29, 0.717) is 12.6 Å². The van der Waals surface area contributed by atoms with E-state index >= 15 is 0 Å². The predicted molar refractivity (Wildman–Crippen MR) is 74.1 cm³/mol. The third-order valence-electron chi connectivity index (χ3n) is 3.44. The molecule has 0 spiro atoms. The zero-order valence-corrected chi connectivity index (χ0v) is 11.5. The highest BCUT2D eigenvalue weighted by molar-refractivity contribution is 6.30. The van der Waals surface area contributed by atoms with Gasteiger partial charge in [0.1, 0.15) is 11.0 Å². The Labute approximate surface area is 117 Å². The summed E-state index contributed by atoms with van der Waals surface area (Å²) in [5, 5.41) is -0.472. The number of nitrogens with zero attached hydrogens (tertiary/aromatic N) is 3. The van der Waals surface area contributed by atoms with Crippen LogP contribution < -0.4 is 0 Å². The van der Waals surface area contributed by atoms with Crippen molar-refractivity contribution in [2.45, 2.75) is 37.7 Å². The molecular formula is C14H16ClN3O. The maximum Gasteiger partial charge on any atom is 0.240 e. The molecule has 1 amide bonds. The molecule has 1 fully saturated rings. The zero-order valence-electron chi connectivity index (χ0n) is 10.8. The molecule has 1 saturated carbocycles. The Bertz CT molecular complexity index is 604. The highest BCUT2D eigenvalue weighted by Gasteiger charge is 2.34. The third-order valence-corrected chi connectivity index (χ3v) is 3.62. The molecule has 0 bridgehead atoms. The van der Waals surface area contributed by atoms with E-state index in [1.165, 1.54) is 0 Å². The maximum atomic E-state index is 12.2. The average Bonchev–Trinajstić information content (AvgIpc) is 3.17. The minimum Gasteiger partial charge on any atom is -0.333 e. The molecule has 0 radical (unpaired) electrons. The van der Waals surface area contributed by atoms with Gasteiger partial charge in [0.25, 0.3) is 0 Å². The van der Waals surface area contributed by atoms with Gasteiger partial charge in [-0.15, -0.1) is 11.6 Å². The topological polar surface area (TPSA) is 37.6 Å². The van der Waals surface area contributed by atoms with Crippen LogP contribution in [-0.2, 0) is 11.3 Å². The molecule has 1 aliphatic carbocycles. The summed E-state index contributed by atoms with van der Waals surface area (Å²) in [5.41, 5.74) is 1.92. The van der Waals surface area contributed by atoms with Gasteiger partial charge in [-0.3, -0.25) is 4.79 Å². The van der Waals surface area contributed by atoms with Crippen molar-refractivity contribution in [1.82, 2.24) is 14.3 Å². The van der Waals surface area contributed by atoms with E-state index in [2.05, 4.69) is 4.98 Å². The molecule has 1 unspecified atom stereocenters. The van der Waals surface area contributed by atoms with Gasteiger partial charge < -0.3 is 9.30 Å². The number of hydrogen-bond acceptors (Lipinski definition) is 2. The molecule has 19 heavy (non-hydrogen) atoms. The second-order valence-electron chi connectivity index (χ2n) is 4.99. The summed E-state index contributed by atoms with van der Waals surface area (Å²) < 4.78 is 2.02. The van der Waals surface area contributed by atoms with Gasteiger partial charge in [0, 0.05) is 12.2 Å². The fraction of sp³-hybridized carbons (Fsp3) is 0.429. The van der Waals surface area contributed by atoms with Crippen molar-refractivity contribution in [3.8, 4) is 0 Å². The number of aromatic nitrogens is 2. The number of imidazole rings is 1. The van der Waals surface area contributed by atoms with E-state index in [0.717, 1.165) is 24.2 Å². The van der Waals surface area contributed by atoms with Crippen molar-refractivity contribution >= 4 is 23.2 Å². The number of amides is 1. The summed E-state index contributed by atoms with van der Waals surface area (Å²) in [6.07, 6.45) is 5.95. The fourth-order valence-corrected chi connectivity index (χ4v) is 2.40. The highest BCUT2D eigenvalue weighted by Crippen LogP contribution is 2.29. The maximum absolute atomic E-state index is 12.2. The number of pyridine rings is 1. The Balaban J connectivity index is 1.87. The second kappa shape index (κ2) is 4.85. The molecule has 4 nitrogen and oxygen atoms in total. The third kappa shape index (κ3) is 2.45. The molecule has 2 aromatic heterocycles. The zero-order chi connectivity index (χ0) is 13.4. The lowest BCUT2D eigenvalue weighted by Crippen LogP contribution is -2.37. The van der Waals surface area contributed by atoms with E-state index in [4.69, 9.17) is 11.6 Å². The smallest absolute Gasteiger partial charge is 0.240 e. The van der Waals surface area contributed by atoms with Crippen molar-refractivity contribution in [2.75, 3.05) is 0 Å². The lowest BCUT2D eigenvalue weighted by molar-refractivity contribution is -0.131. The molecule has 0 N–H and O–H groups in total. The molecule has 2 heterocycles. The number of carbonyl (C=O) groups excluding carboxylic acids is 1. The minimum absolute atomic E-state index is 0.00930. The van der Waals surface area contributed by atoms with E-state index in [-0.39, 0.29) is 5.91 Å². The molecule has 5 heteroatoms. The quantitative estimate of drug-likeness (QED) is 0.805. The van der Waals surface area contributed by atoms with Gasteiger partial charge in [-0.25, -0.2) is 4.98 Å². The molecule has 1 aliphatic rings. The SMILES string of the molecule is CC(Cl)C(=O)N(Cc1cnc2ccccn12)C1CC1. The second-order valence-corrected chi connectivity index (χ2v) is 5.65. The van der Waals surface area contributed by atoms with Gasteiger partial charge in [0.2, 0.25) is 5.91 Å². The largest absolute Gasteiger partial charge is 0.333 e. The van der Waals surface area contributed by atoms with Crippen LogP contribution in [0.15, 0.2) is 30.6 Å². The fourth-order valence-electron chi connectivity index (χ4n) is 2.28. The van der Waals surface area contributed by atoms with E-state index in [9.17, 15) is 4.79 Å². The molecule has 3 rings (SSSR count). The Hall–Kier alpha value is -1.55. The van der Waals surface area contributed by atoms with Gasteiger partial charge >= 0.3 is 0 Å². The standard InChI is InChI=1S/C14H16ClN3O/c1-10(15)14(19)18(11-5-6-11)9-12-8-16-13-4-2-3-7-17(12)13/h2-4,7-8,10-11H,5-6,9H2,1H3. The first-order valence-corrected chi connectivity index (χ1v) is 6.96. The number of carbonyl (C=O) groups is 1. The average molecular weight is 278 g/mol. The van der Waals surface area contributed by atoms with Crippen LogP contribution in [0.2, 0.25) is 0 Å². The highest BCUT2D eigenvalue weighted by atomic mass is 35.5. The number of fused-ring (bicyclic) bond motifs is 1. The molecular weight excluding hydrogens is 262 g/mol. The lowest BCUT2D eigenvalue weighted by atomic mass is 10.3. The summed E-state index contributed by atoms with van der Waals surface area (Å²) >= 11 is 5.94. The summed E-state index contributed by atoms with van der Waals surface area (Å²) in [7, 11) is 0. The van der Waals surface area contributed by atoms with Crippen LogP contribution in [0.25, 0.3) is 5.65 Å². The molecule has 0 saturated heterocycles. The molecule has 1 atom stereocenters. The monoisotopic (exact) mass is 277 g/mol. The van der Waals surface area contributed by atoms with Crippen LogP contribution in [0.3, 0.4) is 0 Å². The van der Waals surface area contributed by atoms with Crippen molar-refractivity contribution in [3.63, 3.8) is 0 Å². The van der Waals surface area contributed by atoms with Gasteiger partial charge in [-0.2, -0.15) is 0 Å². The van der Waals surface area contributed by atoms with Crippen molar-refractivity contribution < 1.29 is 4.79 Å². The lowest BCUT2D eigenvalue weighted by Gasteiger charge is -2.23. The van der Waals surface area contributed by atoms with Gasteiger partial charge in [-0.1, -0.05) is 6.07 Å². The first-order chi connectivity index (χ1) is 9.16. The van der Waals surface area contributed by atoms with E-state index in [1.807, 2.05) is 39.9 Å². The van der Waals surface area contributed by atoms with Gasteiger partial charge in [0.05, 0.1) is 18.4 Å². The Morgan fingerprint density at radius 1 is 1.58 bits per heavy atom. The summed E-state index contributed by atoms with van der Waals surface area (Å²) in [6, 6.07) is 6.22. The van der Waals surface area contributed by atoms with Crippen molar-refractivity contribution in [1.29, 1.82) is 0 Å². The van der Waals surface area contributed by atoms with Crippen molar-refractivity contribution in [2.24, 2.45) is 0 Å². The minimum atomic E-state index is -0.472. The van der Waals surface area contributed by atoms with Crippen LogP contribution in [0, 0.1) is 0 Å². The first-order valence-electron chi connectivity index (χ1n) is 6.52. The van der Waals surface area contributed by atoms with Crippen molar-refractivity contribution in [3.05, 3.63) is 36.3 Å². The summed E-state index contributed by atoms with van der Waals surface area (Å²) in [6.45, 7) is 2.31. The first kappa shape index (κ1) is 12.5. The Morgan fingerprint density at radius 3 is 3.05 bits per heavy atom. The normalized spacial score (nSPS) is 16.5. The number of hydrogen-bond donors (Lipinski definition) is 0. The number of rotatable bonds is 4. The van der Waals surface area contributed by atoms with Gasteiger partial charge in [0.15, 0.2) is 0 Å². The van der Waals surface area contributed by atoms with Crippen LogP contribution in [0.4, 0.5) is 0 Å². The van der Waals surface area contributed by atoms with Crippen LogP contribution >= 0.6 is 11.6 Å². The van der Waals surface area contributed by atoms with Crippen LogP contribution in [-0.4, -0.2) is 31.6 Å². The molecule has 100 valence electrons. The summed E-state index contributed by atoms with van der Waals surface area (Å²) in [5.74, 6) is 0.00930. The Kier molecular flexibility index (Phi) is 3.19. The van der Waals surface area contributed by atoms with Gasteiger partial charge in [-0.05, 0) is 31.9 Å². The molecule has 0 aliphatic heterocycles. The van der Waals surface area contributed by atoms with E-state index in [1.54, 1.807) is 6.92 Å². The number of halogens is 1. The number of alkyl halides is 1. The van der Waals surface area contributed by atoms with Crippen LogP contribution in [0.1, 0.15) is 25.5 Å². The summed E-state index contributed by atoms with van der Waals surface area (Å²) in [4.78, 5) is 18.4. The molecule has 0 aromatic carbocycles.